The van der Waals surface area contributed by atoms with E-state index < -0.39 is 0 Å². The first-order valence-corrected chi connectivity index (χ1v) is 9.95. The minimum absolute atomic E-state index is 0.113. The molecule has 0 radical (unpaired) electrons. The average molecular weight is 388 g/mol. The summed E-state index contributed by atoms with van der Waals surface area (Å²) < 4.78 is 5.44. The fourth-order valence-electron chi connectivity index (χ4n) is 3.46. The number of amides is 2. The van der Waals surface area contributed by atoms with Crippen LogP contribution in [0.3, 0.4) is 0 Å². The van der Waals surface area contributed by atoms with Gasteiger partial charge >= 0.3 is 6.09 Å². The fraction of sp³-hybridized carbons (Fsp3) is 0.400. The van der Waals surface area contributed by atoms with Crippen molar-refractivity contribution in [3.05, 3.63) is 58.3 Å². The zero-order valence-corrected chi connectivity index (χ0v) is 16.2. The van der Waals surface area contributed by atoms with E-state index >= 15 is 0 Å². The number of piperazine rings is 1. The Morgan fingerprint density at radius 3 is 2.67 bits per heavy atom. The molecule has 2 heterocycles. The molecule has 3 rings (SSSR count). The van der Waals surface area contributed by atoms with E-state index in [0.717, 1.165) is 5.56 Å². The van der Waals surface area contributed by atoms with E-state index in [4.69, 9.17) is 10.5 Å². The Labute approximate surface area is 163 Å². The fourth-order valence-corrected chi connectivity index (χ4v) is 4.27. The molecule has 144 valence electrons. The maximum Gasteiger partial charge on any atom is 0.410 e. The highest BCUT2D eigenvalue weighted by Crippen LogP contribution is 2.29. The van der Waals surface area contributed by atoms with Gasteiger partial charge in [-0.25, -0.2) is 4.79 Å². The molecule has 2 N–H and O–H groups in total. The van der Waals surface area contributed by atoms with Crippen molar-refractivity contribution in [2.75, 3.05) is 19.6 Å². The second-order valence-corrected chi connectivity index (χ2v) is 7.72. The van der Waals surface area contributed by atoms with E-state index in [1.807, 2.05) is 41.8 Å². The summed E-state index contributed by atoms with van der Waals surface area (Å²) in [5.74, 6) is -0.358. The number of benzene rings is 1. The number of hydrogen-bond acceptors (Lipinski definition) is 5. The number of rotatable bonds is 6. The number of carbonyl (C=O) groups is 2. The molecule has 1 aromatic heterocycles. The molecule has 0 saturated carbocycles. The zero-order valence-electron chi connectivity index (χ0n) is 15.4. The quantitative estimate of drug-likeness (QED) is 0.827. The van der Waals surface area contributed by atoms with Crippen LogP contribution in [0.15, 0.2) is 47.8 Å². The van der Waals surface area contributed by atoms with Gasteiger partial charge in [0.05, 0.1) is 0 Å². The number of thiophene rings is 1. The smallest absolute Gasteiger partial charge is 0.410 e. The molecule has 27 heavy (non-hydrogen) atoms. The second kappa shape index (κ2) is 9.01. The Balaban J connectivity index is 1.62. The first-order valence-electron chi connectivity index (χ1n) is 9.07. The van der Waals surface area contributed by atoms with Crippen molar-refractivity contribution in [2.24, 2.45) is 5.73 Å². The summed E-state index contributed by atoms with van der Waals surface area (Å²) in [5.41, 5.74) is 6.41. The minimum atomic E-state index is -0.358. The Morgan fingerprint density at radius 1 is 1.22 bits per heavy atom. The van der Waals surface area contributed by atoms with Gasteiger partial charge in [0.15, 0.2) is 0 Å². The molecule has 1 saturated heterocycles. The third-order valence-corrected chi connectivity index (χ3v) is 5.92. The van der Waals surface area contributed by atoms with E-state index in [1.165, 1.54) is 4.88 Å². The molecule has 0 spiro atoms. The second-order valence-electron chi connectivity index (χ2n) is 6.74. The molecule has 0 aliphatic carbocycles. The predicted octanol–water partition coefficient (Wildman–Crippen LogP) is 3.01. The predicted molar refractivity (Wildman–Crippen MR) is 105 cm³/mol. The van der Waals surface area contributed by atoms with Gasteiger partial charge in [0.1, 0.15) is 6.61 Å². The van der Waals surface area contributed by atoms with E-state index in [1.54, 1.807) is 16.2 Å². The van der Waals surface area contributed by atoms with Crippen LogP contribution in [0.25, 0.3) is 0 Å². The van der Waals surface area contributed by atoms with E-state index in [-0.39, 0.29) is 37.1 Å². The third kappa shape index (κ3) is 5.08. The standard InChI is InChI=1S/C20H25N3O3S/c1-15(18-8-5-11-27-18)23-10-9-22(13-17(23)12-19(21)24)20(25)26-14-16-6-3-2-4-7-16/h2-8,11,15,17H,9-10,12-14H2,1H3,(H2,21,24). The number of carbonyl (C=O) groups excluding carboxylic acids is 2. The van der Waals surface area contributed by atoms with Crippen molar-refractivity contribution in [2.45, 2.75) is 32.0 Å². The first-order chi connectivity index (χ1) is 13.0. The maximum absolute atomic E-state index is 12.5. The molecule has 6 nitrogen and oxygen atoms in total. The summed E-state index contributed by atoms with van der Waals surface area (Å²) in [6, 6.07) is 13.8. The Morgan fingerprint density at radius 2 is 2.00 bits per heavy atom. The van der Waals surface area contributed by atoms with Crippen molar-refractivity contribution < 1.29 is 14.3 Å². The van der Waals surface area contributed by atoms with Crippen LogP contribution in [-0.2, 0) is 16.1 Å². The molecular weight excluding hydrogens is 362 g/mol. The van der Waals surface area contributed by atoms with E-state index in [2.05, 4.69) is 17.9 Å². The third-order valence-electron chi connectivity index (χ3n) is 4.88. The zero-order chi connectivity index (χ0) is 19.2. The van der Waals surface area contributed by atoms with Crippen LogP contribution < -0.4 is 5.73 Å². The average Bonchev–Trinajstić information content (AvgIpc) is 3.20. The van der Waals surface area contributed by atoms with Crippen LogP contribution in [0.5, 0.6) is 0 Å². The van der Waals surface area contributed by atoms with Gasteiger partial charge in [-0.15, -0.1) is 11.3 Å². The lowest BCUT2D eigenvalue weighted by molar-refractivity contribution is -0.120. The summed E-state index contributed by atoms with van der Waals surface area (Å²) >= 11 is 1.70. The summed E-state index contributed by atoms with van der Waals surface area (Å²) in [7, 11) is 0. The maximum atomic E-state index is 12.5. The SMILES string of the molecule is CC(c1cccs1)N1CCN(C(=O)OCc2ccccc2)CC1CC(N)=O. The normalized spacial score (nSPS) is 18.9. The van der Waals surface area contributed by atoms with Crippen molar-refractivity contribution in [3.63, 3.8) is 0 Å². The van der Waals surface area contributed by atoms with Crippen LogP contribution in [0.1, 0.15) is 29.8 Å². The molecular formula is C20H25N3O3S. The number of ether oxygens (including phenoxy) is 1. The Kier molecular flexibility index (Phi) is 6.47. The molecule has 2 aromatic rings. The highest BCUT2D eigenvalue weighted by molar-refractivity contribution is 7.10. The van der Waals surface area contributed by atoms with Gasteiger partial charge in [-0.05, 0) is 23.9 Å². The van der Waals surface area contributed by atoms with Gasteiger partial charge in [0.25, 0.3) is 0 Å². The Bertz CT molecular complexity index is 751. The van der Waals surface area contributed by atoms with Crippen molar-refractivity contribution in [3.8, 4) is 0 Å². The van der Waals surface area contributed by atoms with E-state index in [0.29, 0.717) is 19.6 Å². The van der Waals surface area contributed by atoms with Crippen LogP contribution in [-0.4, -0.2) is 47.5 Å². The van der Waals surface area contributed by atoms with Gasteiger partial charge in [-0.3, -0.25) is 9.69 Å². The highest BCUT2D eigenvalue weighted by atomic mass is 32.1. The monoisotopic (exact) mass is 387 g/mol. The number of primary amides is 1. The van der Waals surface area contributed by atoms with Crippen LogP contribution in [0.2, 0.25) is 0 Å². The first kappa shape index (κ1) is 19.4. The van der Waals surface area contributed by atoms with Gasteiger partial charge in [-0.2, -0.15) is 0 Å². The van der Waals surface area contributed by atoms with Gasteiger partial charge in [0.2, 0.25) is 5.91 Å². The number of nitrogens with zero attached hydrogens (tertiary/aromatic N) is 2. The molecule has 1 aromatic carbocycles. The molecule has 2 atom stereocenters. The number of hydrogen-bond donors (Lipinski definition) is 1. The van der Waals surface area contributed by atoms with E-state index in [9.17, 15) is 9.59 Å². The highest BCUT2D eigenvalue weighted by Gasteiger charge is 2.34. The van der Waals surface area contributed by atoms with Crippen LogP contribution in [0.4, 0.5) is 4.79 Å². The van der Waals surface area contributed by atoms with Crippen LogP contribution in [0, 0.1) is 0 Å². The lowest BCUT2D eigenvalue weighted by atomic mass is 10.0. The largest absolute Gasteiger partial charge is 0.445 e. The Hall–Kier alpha value is -2.38. The summed E-state index contributed by atoms with van der Waals surface area (Å²) in [6.07, 6.45) is -0.130. The van der Waals surface area contributed by atoms with Crippen molar-refractivity contribution in [1.82, 2.24) is 9.80 Å². The summed E-state index contributed by atoms with van der Waals surface area (Å²) in [5, 5.41) is 2.05. The summed E-state index contributed by atoms with van der Waals surface area (Å²) in [6.45, 7) is 4.05. The molecule has 1 aliphatic heterocycles. The van der Waals surface area contributed by atoms with Crippen molar-refractivity contribution in [1.29, 1.82) is 0 Å². The molecule has 1 fully saturated rings. The lowest BCUT2D eigenvalue weighted by Crippen LogP contribution is -2.56. The molecule has 1 aliphatic rings. The minimum Gasteiger partial charge on any atom is -0.445 e. The molecule has 0 bridgehead atoms. The lowest BCUT2D eigenvalue weighted by Gasteiger charge is -2.43. The molecule has 2 amide bonds. The molecule has 2 unspecified atom stereocenters. The van der Waals surface area contributed by atoms with Gasteiger partial charge in [0, 0.05) is 43.0 Å². The number of nitrogens with two attached hydrogens (primary N) is 1. The van der Waals surface area contributed by atoms with Crippen molar-refractivity contribution >= 4 is 23.3 Å². The van der Waals surface area contributed by atoms with Gasteiger partial charge in [-0.1, -0.05) is 36.4 Å². The topological polar surface area (TPSA) is 75.9 Å². The van der Waals surface area contributed by atoms with Gasteiger partial charge < -0.3 is 15.4 Å². The summed E-state index contributed by atoms with van der Waals surface area (Å²) in [4.78, 5) is 29.2. The molecule has 7 heteroatoms. The van der Waals surface area contributed by atoms with Crippen LogP contribution >= 0.6 is 11.3 Å².